The van der Waals surface area contributed by atoms with Crippen molar-refractivity contribution in [1.29, 1.82) is 0 Å². The van der Waals surface area contributed by atoms with Gasteiger partial charge in [-0.3, -0.25) is 4.98 Å². The van der Waals surface area contributed by atoms with E-state index in [4.69, 9.17) is 0 Å². The van der Waals surface area contributed by atoms with Gasteiger partial charge in [-0.05, 0) is 13.0 Å². The Morgan fingerprint density at radius 1 is 1.36 bits per heavy atom. The molecule has 1 aromatic heterocycles. The standard InChI is InChI=1S/C10H18N4/c1-8(2)4-13-10-7-12-6-9(14-10)5-11-3/h6-8,11H,4-5H2,1-3H3,(H,13,14). The van der Waals surface area contributed by atoms with E-state index in [1.165, 1.54) is 0 Å². The van der Waals surface area contributed by atoms with Gasteiger partial charge in [-0.2, -0.15) is 0 Å². The summed E-state index contributed by atoms with van der Waals surface area (Å²) in [6, 6.07) is 0. The number of hydrogen-bond donors (Lipinski definition) is 2. The average Bonchev–Trinajstić information content (AvgIpc) is 2.16. The maximum atomic E-state index is 4.40. The van der Waals surface area contributed by atoms with E-state index in [2.05, 4.69) is 34.4 Å². The summed E-state index contributed by atoms with van der Waals surface area (Å²) in [5, 5.41) is 6.29. The zero-order valence-electron chi connectivity index (χ0n) is 9.04. The summed E-state index contributed by atoms with van der Waals surface area (Å²) < 4.78 is 0. The molecule has 0 aliphatic rings. The third kappa shape index (κ3) is 3.70. The number of aromatic nitrogens is 2. The molecule has 0 atom stereocenters. The number of rotatable bonds is 5. The molecule has 4 heteroatoms. The number of nitrogens with zero attached hydrogens (tertiary/aromatic N) is 2. The Hall–Kier alpha value is -1.16. The fraction of sp³-hybridized carbons (Fsp3) is 0.600. The molecule has 0 saturated carbocycles. The van der Waals surface area contributed by atoms with Crippen LogP contribution in [0.4, 0.5) is 5.82 Å². The molecule has 0 bridgehead atoms. The van der Waals surface area contributed by atoms with Crippen molar-refractivity contribution < 1.29 is 0 Å². The van der Waals surface area contributed by atoms with Crippen LogP contribution in [0.1, 0.15) is 19.5 Å². The van der Waals surface area contributed by atoms with Gasteiger partial charge < -0.3 is 10.6 Å². The molecule has 0 amide bonds. The minimum atomic E-state index is 0.616. The second-order valence-corrected chi connectivity index (χ2v) is 3.70. The topological polar surface area (TPSA) is 49.8 Å². The largest absolute Gasteiger partial charge is 0.369 e. The van der Waals surface area contributed by atoms with Gasteiger partial charge >= 0.3 is 0 Å². The van der Waals surface area contributed by atoms with Crippen LogP contribution in [0.25, 0.3) is 0 Å². The van der Waals surface area contributed by atoms with Gasteiger partial charge in [0.25, 0.3) is 0 Å². The Kier molecular flexibility index (Phi) is 4.32. The summed E-state index contributed by atoms with van der Waals surface area (Å²) in [6.07, 6.45) is 3.53. The molecule has 0 fully saturated rings. The predicted octanol–water partition coefficient (Wildman–Crippen LogP) is 1.26. The van der Waals surface area contributed by atoms with E-state index in [1.807, 2.05) is 7.05 Å². The van der Waals surface area contributed by atoms with Crippen LogP contribution in [0.2, 0.25) is 0 Å². The second-order valence-electron chi connectivity index (χ2n) is 3.70. The van der Waals surface area contributed by atoms with Crippen LogP contribution in [0.15, 0.2) is 12.4 Å². The summed E-state index contributed by atoms with van der Waals surface area (Å²) in [5.74, 6) is 1.47. The lowest BCUT2D eigenvalue weighted by Gasteiger charge is -2.08. The van der Waals surface area contributed by atoms with E-state index < -0.39 is 0 Å². The predicted molar refractivity (Wildman–Crippen MR) is 58.1 cm³/mol. The first kappa shape index (κ1) is 10.9. The Balaban J connectivity index is 2.54. The Bertz CT molecular complexity index is 273. The van der Waals surface area contributed by atoms with Gasteiger partial charge in [0.05, 0.1) is 11.9 Å². The summed E-state index contributed by atoms with van der Waals surface area (Å²) in [7, 11) is 1.90. The Labute approximate surface area is 85.2 Å². The molecular weight excluding hydrogens is 176 g/mol. The minimum absolute atomic E-state index is 0.616. The van der Waals surface area contributed by atoms with Crippen LogP contribution in [0.5, 0.6) is 0 Å². The zero-order valence-corrected chi connectivity index (χ0v) is 9.04. The van der Waals surface area contributed by atoms with Crippen LogP contribution < -0.4 is 10.6 Å². The van der Waals surface area contributed by atoms with Crippen molar-refractivity contribution in [3.63, 3.8) is 0 Å². The van der Waals surface area contributed by atoms with E-state index in [1.54, 1.807) is 12.4 Å². The molecule has 1 heterocycles. The van der Waals surface area contributed by atoms with Crippen LogP contribution in [0.3, 0.4) is 0 Å². The van der Waals surface area contributed by atoms with Crippen molar-refractivity contribution >= 4 is 5.82 Å². The van der Waals surface area contributed by atoms with E-state index in [9.17, 15) is 0 Å². The highest BCUT2D eigenvalue weighted by atomic mass is 15.0. The summed E-state index contributed by atoms with van der Waals surface area (Å²) >= 11 is 0. The van der Waals surface area contributed by atoms with Crippen LogP contribution >= 0.6 is 0 Å². The summed E-state index contributed by atoms with van der Waals surface area (Å²) in [5.41, 5.74) is 0.959. The maximum Gasteiger partial charge on any atom is 0.144 e. The van der Waals surface area contributed by atoms with Gasteiger partial charge in [0.15, 0.2) is 0 Å². The van der Waals surface area contributed by atoms with Crippen LogP contribution in [-0.2, 0) is 6.54 Å². The molecule has 0 aliphatic carbocycles. The fourth-order valence-corrected chi connectivity index (χ4v) is 1.07. The number of hydrogen-bond acceptors (Lipinski definition) is 4. The Morgan fingerprint density at radius 2 is 2.14 bits per heavy atom. The number of nitrogens with one attached hydrogen (secondary N) is 2. The lowest BCUT2D eigenvalue weighted by molar-refractivity contribution is 0.685. The first-order valence-electron chi connectivity index (χ1n) is 4.91. The molecule has 0 unspecified atom stereocenters. The zero-order chi connectivity index (χ0) is 10.4. The smallest absolute Gasteiger partial charge is 0.144 e. The van der Waals surface area contributed by atoms with Gasteiger partial charge in [0.2, 0.25) is 0 Å². The van der Waals surface area contributed by atoms with Crippen molar-refractivity contribution in [2.45, 2.75) is 20.4 Å². The van der Waals surface area contributed by atoms with E-state index in [0.717, 1.165) is 24.6 Å². The Morgan fingerprint density at radius 3 is 2.79 bits per heavy atom. The van der Waals surface area contributed by atoms with Crippen LogP contribution in [0, 0.1) is 5.92 Å². The first-order valence-corrected chi connectivity index (χ1v) is 4.91. The monoisotopic (exact) mass is 194 g/mol. The molecule has 1 rings (SSSR count). The molecule has 1 aromatic rings. The molecule has 0 aromatic carbocycles. The van der Waals surface area contributed by atoms with Crippen molar-refractivity contribution in [3.8, 4) is 0 Å². The maximum absolute atomic E-state index is 4.40. The highest BCUT2D eigenvalue weighted by Gasteiger charge is 1.98. The molecule has 2 N–H and O–H groups in total. The average molecular weight is 194 g/mol. The molecule has 0 aliphatic heterocycles. The molecule has 0 radical (unpaired) electrons. The molecule has 14 heavy (non-hydrogen) atoms. The van der Waals surface area contributed by atoms with E-state index >= 15 is 0 Å². The van der Waals surface area contributed by atoms with Crippen molar-refractivity contribution in [1.82, 2.24) is 15.3 Å². The van der Waals surface area contributed by atoms with Gasteiger partial charge in [0.1, 0.15) is 5.82 Å². The van der Waals surface area contributed by atoms with Gasteiger partial charge in [0, 0.05) is 19.3 Å². The normalized spacial score (nSPS) is 10.6. The quantitative estimate of drug-likeness (QED) is 0.741. The molecule has 4 nitrogen and oxygen atoms in total. The van der Waals surface area contributed by atoms with Crippen molar-refractivity contribution in [2.24, 2.45) is 5.92 Å². The highest BCUT2D eigenvalue weighted by molar-refractivity contribution is 5.31. The summed E-state index contributed by atoms with van der Waals surface area (Å²) in [6.45, 7) is 6.01. The third-order valence-electron chi connectivity index (χ3n) is 1.73. The highest BCUT2D eigenvalue weighted by Crippen LogP contribution is 2.03. The number of anilines is 1. The van der Waals surface area contributed by atoms with E-state index in [0.29, 0.717) is 5.92 Å². The molecule has 78 valence electrons. The molecular formula is C10H18N4. The molecule has 0 saturated heterocycles. The minimum Gasteiger partial charge on any atom is -0.369 e. The SMILES string of the molecule is CNCc1cncc(NCC(C)C)n1. The van der Waals surface area contributed by atoms with Gasteiger partial charge in [-0.25, -0.2) is 4.98 Å². The van der Waals surface area contributed by atoms with Crippen molar-refractivity contribution in [2.75, 3.05) is 18.9 Å². The van der Waals surface area contributed by atoms with Gasteiger partial charge in [-0.1, -0.05) is 13.8 Å². The third-order valence-corrected chi connectivity index (χ3v) is 1.73. The first-order chi connectivity index (χ1) is 6.72. The lowest BCUT2D eigenvalue weighted by atomic mass is 10.2. The van der Waals surface area contributed by atoms with Crippen LogP contribution in [-0.4, -0.2) is 23.6 Å². The van der Waals surface area contributed by atoms with E-state index in [-0.39, 0.29) is 0 Å². The second kappa shape index (κ2) is 5.54. The lowest BCUT2D eigenvalue weighted by Crippen LogP contribution is -2.12. The fourth-order valence-electron chi connectivity index (χ4n) is 1.07. The van der Waals surface area contributed by atoms with Gasteiger partial charge in [-0.15, -0.1) is 0 Å². The molecule has 0 spiro atoms. The van der Waals surface area contributed by atoms with Crippen molar-refractivity contribution in [3.05, 3.63) is 18.1 Å². The summed E-state index contributed by atoms with van der Waals surface area (Å²) in [4.78, 5) is 8.51.